The second kappa shape index (κ2) is 6.34. The van der Waals surface area contributed by atoms with Gasteiger partial charge in [0.1, 0.15) is 6.04 Å². The van der Waals surface area contributed by atoms with E-state index in [-0.39, 0.29) is 5.75 Å². The van der Waals surface area contributed by atoms with Crippen LogP contribution in [0.4, 0.5) is 4.79 Å². The van der Waals surface area contributed by atoms with Gasteiger partial charge in [-0.25, -0.2) is 9.59 Å². The smallest absolute Gasteiger partial charge is 0.415 e. The molecule has 1 aromatic rings. The van der Waals surface area contributed by atoms with E-state index >= 15 is 0 Å². The predicted molar refractivity (Wildman–Crippen MR) is 72.6 cm³/mol. The van der Waals surface area contributed by atoms with E-state index < -0.39 is 18.1 Å². The lowest BCUT2D eigenvalue weighted by atomic mass is 10.0. The Bertz CT molecular complexity index is 531. The zero-order valence-electron chi connectivity index (χ0n) is 11.8. The minimum Gasteiger partial charge on any atom is -0.502 e. The molecular formula is C14H17NO6. The largest absolute Gasteiger partial charge is 0.502 e. The Balaban J connectivity index is 1.97. The number of nitrogens with one attached hydrogen (secondary N) is 1. The summed E-state index contributed by atoms with van der Waals surface area (Å²) in [6, 6.07) is 2.84. The normalized spacial score (nSPS) is 17.3. The number of methoxy groups -OCH3 is 2. The highest BCUT2D eigenvalue weighted by Crippen LogP contribution is 2.37. The Morgan fingerprint density at radius 3 is 2.33 bits per heavy atom. The van der Waals surface area contributed by atoms with Crippen molar-refractivity contribution < 1.29 is 28.9 Å². The number of hydrogen-bond donors (Lipinski definition) is 2. The van der Waals surface area contributed by atoms with E-state index in [1.165, 1.54) is 14.2 Å². The van der Waals surface area contributed by atoms with Crippen molar-refractivity contribution >= 4 is 12.1 Å². The second-order valence-corrected chi connectivity index (χ2v) is 4.65. The molecule has 1 amide bonds. The third kappa shape index (κ3) is 3.36. The molecule has 0 spiro atoms. The van der Waals surface area contributed by atoms with Crippen LogP contribution in [0.15, 0.2) is 12.1 Å². The van der Waals surface area contributed by atoms with E-state index in [4.69, 9.17) is 9.47 Å². The molecule has 0 radical (unpaired) electrons. The number of benzene rings is 1. The van der Waals surface area contributed by atoms with Gasteiger partial charge in [0, 0.05) is 0 Å². The number of hydrogen-bond acceptors (Lipinski definition) is 6. The van der Waals surface area contributed by atoms with Crippen molar-refractivity contribution in [2.75, 3.05) is 14.2 Å². The van der Waals surface area contributed by atoms with Gasteiger partial charge in [-0.15, -0.1) is 0 Å². The molecule has 1 atom stereocenters. The van der Waals surface area contributed by atoms with Crippen molar-refractivity contribution in [1.29, 1.82) is 0 Å². The average molecular weight is 295 g/mol. The first-order valence-electron chi connectivity index (χ1n) is 6.51. The fourth-order valence-corrected chi connectivity index (χ4v) is 2.19. The summed E-state index contributed by atoms with van der Waals surface area (Å²) in [5, 5.41) is 12.3. The zero-order valence-corrected chi connectivity index (χ0v) is 11.8. The average Bonchev–Trinajstić information content (AvgIpc) is 2.78. The Labute approximate surface area is 121 Å². The zero-order chi connectivity index (χ0) is 15.4. The molecule has 1 aliphatic heterocycles. The first-order chi connectivity index (χ1) is 10.0. The monoisotopic (exact) mass is 295 g/mol. The van der Waals surface area contributed by atoms with Crippen LogP contribution < -0.4 is 14.8 Å². The van der Waals surface area contributed by atoms with Gasteiger partial charge < -0.3 is 24.6 Å². The van der Waals surface area contributed by atoms with E-state index in [2.05, 4.69) is 10.1 Å². The first-order valence-corrected chi connectivity index (χ1v) is 6.51. The number of phenolic OH excluding ortho intramolecular Hbond substituents is 1. The van der Waals surface area contributed by atoms with Crippen LogP contribution in [0, 0.1) is 0 Å². The molecule has 2 rings (SSSR count). The molecule has 0 aliphatic carbocycles. The number of alkyl carbamates (subject to hydrolysis) is 1. The van der Waals surface area contributed by atoms with Crippen LogP contribution >= 0.6 is 0 Å². The van der Waals surface area contributed by atoms with Crippen molar-refractivity contribution in [1.82, 2.24) is 5.32 Å². The Morgan fingerprint density at radius 2 is 1.86 bits per heavy atom. The highest BCUT2D eigenvalue weighted by atomic mass is 16.6. The molecule has 7 nitrogen and oxygen atoms in total. The molecule has 1 aliphatic rings. The van der Waals surface area contributed by atoms with Gasteiger partial charge in [0.15, 0.2) is 11.5 Å². The molecule has 1 aromatic carbocycles. The molecule has 1 unspecified atom stereocenters. The number of phenols is 1. The van der Waals surface area contributed by atoms with Crippen LogP contribution in [-0.2, 0) is 16.0 Å². The van der Waals surface area contributed by atoms with Crippen LogP contribution in [0.25, 0.3) is 0 Å². The minimum absolute atomic E-state index is 0.0459. The second-order valence-electron chi connectivity index (χ2n) is 4.65. The molecule has 0 aromatic heterocycles. The molecule has 21 heavy (non-hydrogen) atoms. The van der Waals surface area contributed by atoms with Crippen molar-refractivity contribution in [3.05, 3.63) is 17.7 Å². The topological polar surface area (TPSA) is 94.1 Å². The molecule has 1 heterocycles. The molecule has 2 N–H and O–H groups in total. The summed E-state index contributed by atoms with van der Waals surface area (Å²) >= 11 is 0. The lowest BCUT2D eigenvalue weighted by Gasteiger charge is -2.11. The van der Waals surface area contributed by atoms with Gasteiger partial charge in [0.2, 0.25) is 5.75 Å². The van der Waals surface area contributed by atoms with E-state index in [0.717, 1.165) is 5.56 Å². The van der Waals surface area contributed by atoms with Gasteiger partial charge >= 0.3 is 12.1 Å². The number of carbonyl (C=O) groups is 2. The fraction of sp³-hybridized carbons (Fsp3) is 0.429. The Hall–Kier alpha value is -2.44. The quantitative estimate of drug-likeness (QED) is 0.608. The van der Waals surface area contributed by atoms with Gasteiger partial charge in [-0.1, -0.05) is 0 Å². The fourth-order valence-electron chi connectivity index (χ4n) is 2.19. The number of amides is 1. The van der Waals surface area contributed by atoms with Crippen LogP contribution in [0.1, 0.15) is 18.4 Å². The number of carbonyl (C=O) groups excluding carboxylic acids is 2. The van der Waals surface area contributed by atoms with Gasteiger partial charge in [-0.3, -0.25) is 0 Å². The van der Waals surface area contributed by atoms with Gasteiger partial charge in [-0.05, 0) is 37.0 Å². The summed E-state index contributed by atoms with van der Waals surface area (Å²) in [5.74, 6) is 0.0760. The summed E-state index contributed by atoms with van der Waals surface area (Å²) < 4.78 is 14.6. The number of esters is 1. The SMILES string of the molecule is COc1cc(CCCC2NC(=O)OC2=O)cc(OC)c1O. The first kappa shape index (κ1) is 15.0. The van der Waals surface area contributed by atoms with Gasteiger partial charge in [-0.2, -0.15) is 0 Å². The maximum Gasteiger partial charge on any atom is 0.415 e. The maximum absolute atomic E-state index is 11.3. The van der Waals surface area contributed by atoms with Crippen LogP contribution in [0.5, 0.6) is 17.2 Å². The lowest BCUT2D eigenvalue weighted by Crippen LogP contribution is -2.28. The van der Waals surface area contributed by atoms with Crippen molar-refractivity contribution in [2.45, 2.75) is 25.3 Å². The van der Waals surface area contributed by atoms with Crippen molar-refractivity contribution in [2.24, 2.45) is 0 Å². The van der Waals surface area contributed by atoms with Gasteiger partial charge in [0.25, 0.3) is 0 Å². The number of rotatable bonds is 6. The van der Waals surface area contributed by atoms with Crippen molar-refractivity contribution in [3.63, 3.8) is 0 Å². The molecule has 0 bridgehead atoms. The Morgan fingerprint density at radius 1 is 1.24 bits per heavy atom. The van der Waals surface area contributed by atoms with E-state index in [0.29, 0.717) is 30.8 Å². The molecule has 1 fully saturated rings. The standard InChI is InChI=1S/C14H17NO6/c1-19-10-6-8(7-11(20-2)12(10)16)4-3-5-9-13(17)21-14(18)15-9/h6-7,9,16H,3-5H2,1-2H3,(H,15,18). The third-order valence-corrected chi connectivity index (χ3v) is 3.27. The molecular weight excluding hydrogens is 278 g/mol. The van der Waals surface area contributed by atoms with Gasteiger partial charge in [0.05, 0.1) is 14.2 Å². The summed E-state index contributed by atoms with van der Waals surface area (Å²) in [7, 11) is 2.92. The van der Waals surface area contributed by atoms with Crippen LogP contribution in [-0.4, -0.2) is 37.4 Å². The summed E-state index contributed by atoms with van der Waals surface area (Å²) in [4.78, 5) is 22.2. The van der Waals surface area contributed by atoms with E-state index in [1.54, 1.807) is 12.1 Å². The number of cyclic esters (lactones) is 2. The molecule has 0 saturated carbocycles. The Kier molecular flexibility index (Phi) is 4.52. The van der Waals surface area contributed by atoms with E-state index in [9.17, 15) is 14.7 Å². The highest BCUT2D eigenvalue weighted by Gasteiger charge is 2.31. The predicted octanol–water partition coefficient (Wildman–Crippen LogP) is 1.37. The highest BCUT2D eigenvalue weighted by molar-refractivity contribution is 5.95. The maximum atomic E-state index is 11.3. The van der Waals surface area contributed by atoms with Crippen LogP contribution in [0.3, 0.4) is 0 Å². The molecule has 1 saturated heterocycles. The van der Waals surface area contributed by atoms with Crippen molar-refractivity contribution in [3.8, 4) is 17.2 Å². The van der Waals surface area contributed by atoms with E-state index in [1.807, 2.05) is 0 Å². The third-order valence-electron chi connectivity index (χ3n) is 3.27. The molecule has 7 heteroatoms. The van der Waals surface area contributed by atoms with Crippen LogP contribution in [0.2, 0.25) is 0 Å². The number of ether oxygens (including phenoxy) is 3. The molecule has 114 valence electrons. The summed E-state index contributed by atoms with van der Waals surface area (Å²) in [5.41, 5.74) is 0.902. The number of aromatic hydroxyl groups is 1. The summed E-state index contributed by atoms with van der Waals surface area (Å²) in [6.07, 6.45) is 1.10. The summed E-state index contributed by atoms with van der Waals surface area (Å²) in [6.45, 7) is 0. The minimum atomic E-state index is -0.696. The number of aryl methyl sites for hydroxylation is 1. The lowest BCUT2D eigenvalue weighted by molar-refractivity contribution is -0.135.